The van der Waals surface area contributed by atoms with E-state index in [4.69, 9.17) is 0 Å². The van der Waals surface area contributed by atoms with Crippen molar-refractivity contribution in [2.45, 2.75) is 0 Å². The van der Waals surface area contributed by atoms with Crippen molar-refractivity contribution >= 4 is 34.0 Å². The third-order valence-corrected chi connectivity index (χ3v) is 4.52. The molecule has 1 saturated heterocycles. The molecular weight excluding hydrogens is 312 g/mol. The van der Waals surface area contributed by atoms with Gasteiger partial charge >= 0.3 is 6.03 Å². The summed E-state index contributed by atoms with van der Waals surface area (Å²) in [4.78, 5) is 18.1. The van der Waals surface area contributed by atoms with E-state index in [0.29, 0.717) is 13.1 Å². The normalized spacial score (nSPS) is 14.7. The predicted octanol–water partition coefficient (Wildman–Crippen LogP) is 1.96. The molecule has 0 atom stereocenters. The predicted molar refractivity (Wildman–Crippen MR) is 93.5 cm³/mol. The van der Waals surface area contributed by atoms with E-state index in [-0.39, 0.29) is 6.03 Å². The van der Waals surface area contributed by atoms with Crippen LogP contribution in [0.4, 0.5) is 21.4 Å². The van der Waals surface area contributed by atoms with Gasteiger partial charge in [0.1, 0.15) is 0 Å². The molecule has 2 aromatic rings. The van der Waals surface area contributed by atoms with Crippen LogP contribution in [0.2, 0.25) is 0 Å². The zero-order valence-corrected chi connectivity index (χ0v) is 14.1. The Balaban J connectivity index is 1.54. The first kappa shape index (κ1) is 15.5. The van der Waals surface area contributed by atoms with Gasteiger partial charge in [-0.1, -0.05) is 0 Å². The number of amides is 2. The fraction of sp³-hybridized carbons (Fsp3) is 0.400. The second-order valence-electron chi connectivity index (χ2n) is 5.53. The van der Waals surface area contributed by atoms with Crippen molar-refractivity contribution in [1.82, 2.24) is 15.1 Å². The number of thiophene rings is 1. The largest absolute Gasteiger partial charge is 0.361 e. The molecule has 0 aliphatic carbocycles. The molecule has 7 nitrogen and oxygen atoms in total. The molecule has 1 aliphatic heterocycles. The van der Waals surface area contributed by atoms with Crippen molar-refractivity contribution in [1.29, 1.82) is 0 Å². The van der Waals surface area contributed by atoms with Gasteiger partial charge in [0.25, 0.3) is 0 Å². The Kier molecular flexibility index (Phi) is 4.61. The lowest BCUT2D eigenvalue weighted by Crippen LogP contribution is -2.50. The summed E-state index contributed by atoms with van der Waals surface area (Å²) in [5, 5.41) is 14.2. The maximum Gasteiger partial charge on any atom is 0.322 e. The van der Waals surface area contributed by atoms with Crippen molar-refractivity contribution < 1.29 is 4.79 Å². The Morgan fingerprint density at radius 2 is 1.96 bits per heavy atom. The average molecular weight is 332 g/mol. The summed E-state index contributed by atoms with van der Waals surface area (Å²) in [7, 11) is 3.88. The summed E-state index contributed by atoms with van der Waals surface area (Å²) in [5.41, 5.74) is 0. The van der Waals surface area contributed by atoms with Gasteiger partial charge in [0, 0.05) is 40.3 Å². The summed E-state index contributed by atoms with van der Waals surface area (Å²) in [6.45, 7) is 2.87. The Labute approximate surface area is 139 Å². The van der Waals surface area contributed by atoms with Crippen LogP contribution in [0.15, 0.2) is 29.6 Å². The van der Waals surface area contributed by atoms with Crippen molar-refractivity contribution in [3.63, 3.8) is 0 Å². The summed E-state index contributed by atoms with van der Waals surface area (Å²) < 4.78 is 0. The van der Waals surface area contributed by atoms with Gasteiger partial charge in [-0.05, 0) is 29.6 Å². The number of aromatic nitrogens is 2. The van der Waals surface area contributed by atoms with Crippen LogP contribution in [0.1, 0.15) is 0 Å². The van der Waals surface area contributed by atoms with Crippen molar-refractivity contribution in [2.24, 2.45) is 0 Å². The number of rotatable bonds is 3. The lowest BCUT2D eigenvalue weighted by Gasteiger charge is -2.35. The Hall–Kier alpha value is -2.35. The van der Waals surface area contributed by atoms with Gasteiger partial charge in [-0.3, -0.25) is 5.32 Å². The zero-order chi connectivity index (χ0) is 16.2. The second-order valence-corrected chi connectivity index (χ2v) is 6.47. The Morgan fingerprint density at radius 3 is 2.52 bits per heavy atom. The molecule has 0 radical (unpaired) electrons. The van der Waals surface area contributed by atoms with E-state index in [9.17, 15) is 4.79 Å². The minimum absolute atomic E-state index is 0.0406. The van der Waals surface area contributed by atoms with Crippen LogP contribution in [0.25, 0.3) is 0 Å². The van der Waals surface area contributed by atoms with Gasteiger partial charge in [0.15, 0.2) is 11.6 Å². The van der Waals surface area contributed by atoms with Gasteiger partial charge in [-0.2, -0.15) is 0 Å². The Bertz CT molecular complexity index is 634. The van der Waals surface area contributed by atoms with Crippen LogP contribution < -0.4 is 15.1 Å². The second kappa shape index (κ2) is 6.82. The van der Waals surface area contributed by atoms with Crippen LogP contribution >= 0.6 is 11.3 Å². The number of hydrogen-bond donors (Lipinski definition) is 1. The Morgan fingerprint density at radius 1 is 1.17 bits per heavy atom. The highest BCUT2D eigenvalue weighted by Crippen LogP contribution is 2.18. The third kappa shape index (κ3) is 3.70. The van der Waals surface area contributed by atoms with E-state index < -0.39 is 0 Å². The molecule has 0 spiro atoms. The molecule has 8 heteroatoms. The zero-order valence-electron chi connectivity index (χ0n) is 13.3. The monoisotopic (exact) mass is 332 g/mol. The van der Waals surface area contributed by atoms with E-state index in [0.717, 1.165) is 29.7 Å². The highest BCUT2D eigenvalue weighted by Gasteiger charge is 2.22. The third-order valence-electron chi connectivity index (χ3n) is 3.74. The maximum absolute atomic E-state index is 12.2. The topological polar surface area (TPSA) is 64.6 Å². The standard InChI is InChI=1S/C15H20N6OS/c1-19(2)12-5-6-13(18-17-12)20-7-9-21(10-8-20)15(22)16-14-4-3-11-23-14/h3-6,11H,7-10H2,1-2H3,(H,16,22). The molecule has 3 heterocycles. The molecule has 3 rings (SSSR count). The molecule has 1 N–H and O–H groups in total. The van der Waals surface area contributed by atoms with Gasteiger partial charge in [0.05, 0.1) is 5.00 Å². The lowest BCUT2D eigenvalue weighted by molar-refractivity contribution is 0.208. The highest BCUT2D eigenvalue weighted by molar-refractivity contribution is 7.14. The molecule has 0 aromatic carbocycles. The lowest BCUT2D eigenvalue weighted by atomic mass is 10.3. The molecule has 0 unspecified atom stereocenters. The van der Waals surface area contributed by atoms with Crippen molar-refractivity contribution in [3.8, 4) is 0 Å². The van der Waals surface area contributed by atoms with E-state index >= 15 is 0 Å². The minimum Gasteiger partial charge on any atom is -0.361 e. The number of anilines is 3. The van der Waals surface area contributed by atoms with E-state index in [2.05, 4.69) is 20.4 Å². The molecular formula is C15H20N6OS. The molecule has 1 aliphatic rings. The molecule has 0 saturated carbocycles. The van der Waals surface area contributed by atoms with E-state index in [1.54, 1.807) is 0 Å². The van der Waals surface area contributed by atoms with Crippen LogP contribution in [-0.2, 0) is 0 Å². The quantitative estimate of drug-likeness (QED) is 0.931. The van der Waals surface area contributed by atoms with Gasteiger partial charge in [-0.15, -0.1) is 21.5 Å². The van der Waals surface area contributed by atoms with Crippen LogP contribution in [0.3, 0.4) is 0 Å². The van der Waals surface area contributed by atoms with Crippen LogP contribution in [0, 0.1) is 0 Å². The highest BCUT2D eigenvalue weighted by atomic mass is 32.1. The molecule has 2 aromatic heterocycles. The minimum atomic E-state index is -0.0406. The maximum atomic E-state index is 12.2. The van der Waals surface area contributed by atoms with Crippen LogP contribution in [0.5, 0.6) is 0 Å². The average Bonchev–Trinajstić information content (AvgIpc) is 3.08. The number of urea groups is 1. The van der Waals surface area contributed by atoms with Gasteiger partial charge < -0.3 is 14.7 Å². The molecule has 0 bridgehead atoms. The van der Waals surface area contributed by atoms with Crippen molar-refractivity contribution in [2.75, 3.05) is 55.4 Å². The van der Waals surface area contributed by atoms with E-state index in [1.807, 2.05) is 53.5 Å². The first-order chi connectivity index (χ1) is 11.1. The number of piperazine rings is 1. The first-order valence-corrected chi connectivity index (χ1v) is 8.37. The first-order valence-electron chi connectivity index (χ1n) is 7.49. The fourth-order valence-corrected chi connectivity index (χ4v) is 3.01. The van der Waals surface area contributed by atoms with Gasteiger partial charge in [-0.25, -0.2) is 4.79 Å². The number of nitrogens with zero attached hydrogens (tertiary/aromatic N) is 5. The summed E-state index contributed by atoms with van der Waals surface area (Å²) >= 11 is 1.53. The number of carbonyl (C=O) groups is 1. The van der Waals surface area contributed by atoms with Gasteiger partial charge in [0.2, 0.25) is 0 Å². The summed E-state index contributed by atoms with van der Waals surface area (Å²) in [6, 6.07) is 7.72. The molecule has 23 heavy (non-hydrogen) atoms. The molecule has 2 amide bonds. The summed E-state index contributed by atoms with van der Waals surface area (Å²) in [5.74, 6) is 1.69. The van der Waals surface area contributed by atoms with Crippen LogP contribution in [-0.4, -0.2) is 61.4 Å². The molecule has 1 fully saturated rings. The number of carbonyl (C=O) groups excluding carboxylic acids is 1. The van der Waals surface area contributed by atoms with Crippen molar-refractivity contribution in [3.05, 3.63) is 29.6 Å². The fourth-order valence-electron chi connectivity index (χ4n) is 2.40. The number of hydrogen-bond acceptors (Lipinski definition) is 6. The summed E-state index contributed by atoms with van der Waals surface area (Å²) in [6.07, 6.45) is 0. The SMILES string of the molecule is CN(C)c1ccc(N2CCN(C(=O)Nc3cccs3)CC2)nn1. The number of nitrogens with one attached hydrogen (secondary N) is 1. The molecule has 122 valence electrons. The smallest absolute Gasteiger partial charge is 0.322 e. The van der Waals surface area contributed by atoms with E-state index in [1.165, 1.54) is 11.3 Å².